The predicted octanol–water partition coefficient (Wildman–Crippen LogP) is 4.51. The Labute approximate surface area is 186 Å². The summed E-state index contributed by atoms with van der Waals surface area (Å²) in [6.07, 6.45) is 9.79. The molecular formula is C25H36N4O2. The Kier molecular flexibility index (Phi) is 6.96. The molecule has 0 atom stereocenters. The van der Waals surface area contributed by atoms with E-state index in [0.29, 0.717) is 12.0 Å². The third-order valence-corrected chi connectivity index (χ3v) is 7.17. The highest BCUT2D eigenvalue weighted by atomic mass is 16.5. The van der Waals surface area contributed by atoms with E-state index >= 15 is 0 Å². The molecule has 1 aliphatic carbocycles. The zero-order valence-corrected chi connectivity index (χ0v) is 19.2. The number of rotatable bonds is 6. The van der Waals surface area contributed by atoms with Gasteiger partial charge in [0.25, 0.3) is 5.91 Å². The second-order valence-electron chi connectivity index (χ2n) is 9.27. The van der Waals surface area contributed by atoms with Gasteiger partial charge >= 0.3 is 0 Å². The number of ether oxygens (including phenoxy) is 1. The third kappa shape index (κ3) is 4.95. The SMILES string of the molecule is COc1ccc(C)cc1CN1CCC(c2[nH]ncc2C(=O)N(C)C2CCCCC2)CC1. The number of hydrogen-bond donors (Lipinski definition) is 1. The van der Waals surface area contributed by atoms with Gasteiger partial charge in [0, 0.05) is 31.1 Å². The lowest BCUT2D eigenvalue weighted by Crippen LogP contribution is -2.39. The van der Waals surface area contributed by atoms with Gasteiger partial charge in [0.15, 0.2) is 0 Å². The number of aromatic amines is 1. The fraction of sp³-hybridized carbons (Fsp3) is 0.600. The Balaban J connectivity index is 1.38. The van der Waals surface area contributed by atoms with Crippen molar-refractivity contribution in [3.8, 4) is 5.75 Å². The van der Waals surface area contributed by atoms with Crippen LogP contribution >= 0.6 is 0 Å². The van der Waals surface area contributed by atoms with Crippen LogP contribution in [0, 0.1) is 6.92 Å². The number of nitrogens with one attached hydrogen (secondary N) is 1. The normalized spacial score (nSPS) is 18.8. The molecule has 0 spiro atoms. The van der Waals surface area contributed by atoms with E-state index in [0.717, 1.165) is 62.3 Å². The summed E-state index contributed by atoms with van der Waals surface area (Å²) < 4.78 is 5.55. The van der Waals surface area contributed by atoms with Gasteiger partial charge in [0.2, 0.25) is 0 Å². The quantitative estimate of drug-likeness (QED) is 0.741. The van der Waals surface area contributed by atoms with Crippen LogP contribution in [0.1, 0.15) is 78.0 Å². The van der Waals surface area contributed by atoms with Crippen molar-refractivity contribution in [2.24, 2.45) is 0 Å². The number of carbonyl (C=O) groups excluding carboxylic acids is 1. The molecule has 1 saturated carbocycles. The van der Waals surface area contributed by atoms with E-state index < -0.39 is 0 Å². The monoisotopic (exact) mass is 424 g/mol. The number of H-pyrrole nitrogens is 1. The van der Waals surface area contributed by atoms with Crippen LogP contribution in [-0.4, -0.2) is 59.2 Å². The lowest BCUT2D eigenvalue weighted by atomic mass is 9.90. The van der Waals surface area contributed by atoms with Crippen molar-refractivity contribution >= 4 is 5.91 Å². The first-order valence-corrected chi connectivity index (χ1v) is 11.7. The molecule has 2 aliphatic rings. The Hall–Kier alpha value is -2.34. The molecule has 6 nitrogen and oxygen atoms in total. The molecule has 1 aliphatic heterocycles. The van der Waals surface area contributed by atoms with Crippen molar-refractivity contribution in [2.45, 2.75) is 70.4 Å². The van der Waals surface area contributed by atoms with Gasteiger partial charge in [-0.05, 0) is 51.8 Å². The zero-order valence-electron chi connectivity index (χ0n) is 19.2. The molecule has 1 aromatic carbocycles. The molecule has 2 fully saturated rings. The number of nitrogens with zero attached hydrogens (tertiary/aromatic N) is 3. The molecule has 168 valence electrons. The number of hydrogen-bond acceptors (Lipinski definition) is 4. The average molecular weight is 425 g/mol. The molecule has 1 aromatic heterocycles. The summed E-state index contributed by atoms with van der Waals surface area (Å²) >= 11 is 0. The smallest absolute Gasteiger partial charge is 0.257 e. The lowest BCUT2D eigenvalue weighted by molar-refractivity contribution is 0.0694. The van der Waals surface area contributed by atoms with Crippen LogP contribution in [0.25, 0.3) is 0 Å². The number of aromatic nitrogens is 2. The number of benzene rings is 1. The molecule has 6 heteroatoms. The van der Waals surface area contributed by atoms with Gasteiger partial charge in [0.05, 0.1) is 24.6 Å². The van der Waals surface area contributed by atoms with Crippen LogP contribution in [0.3, 0.4) is 0 Å². The standard InChI is InChI=1S/C25H36N4O2/c1-18-9-10-23(31-3)20(15-18)17-29-13-11-19(12-14-29)24-22(16-26-27-24)25(30)28(2)21-7-5-4-6-8-21/h9-10,15-16,19,21H,4-8,11-14,17H2,1-3H3,(H,26,27). The fourth-order valence-electron chi connectivity index (χ4n) is 5.25. The molecule has 1 amide bonds. The third-order valence-electron chi connectivity index (χ3n) is 7.17. The van der Waals surface area contributed by atoms with Gasteiger partial charge in [-0.1, -0.05) is 37.0 Å². The first kappa shape index (κ1) is 21.9. The van der Waals surface area contributed by atoms with E-state index in [1.807, 2.05) is 11.9 Å². The number of amides is 1. The summed E-state index contributed by atoms with van der Waals surface area (Å²) in [5, 5.41) is 7.43. The van der Waals surface area contributed by atoms with Crippen LogP contribution in [0.15, 0.2) is 24.4 Å². The maximum atomic E-state index is 13.2. The van der Waals surface area contributed by atoms with Crippen molar-refractivity contribution in [3.63, 3.8) is 0 Å². The zero-order chi connectivity index (χ0) is 21.8. The van der Waals surface area contributed by atoms with Gasteiger partial charge in [-0.15, -0.1) is 0 Å². The van der Waals surface area contributed by atoms with E-state index in [9.17, 15) is 4.79 Å². The summed E-state index contributed by atoms with van der Waals surface area (Å²) in [6, 6.07) is 6.74. The number of methoxy groups -OCH3 is 1. The lowest BCUT2D eigenvalue weighted by Gasteiger charge is -2.33. The Morgan fingerprint density at radius 1 is 1.19 bits per heavy atom. The Morgan fingerprint density at radius 2 is 1.94 bits per heavy atom. The maximum absolute atomic E-state index is 13.2. The van der Waals surface area contributed by atoms with Gasteiger partial charge in [-0.25, -0.2) is 0 Å². The predicted molar refractivity (Wildman–Crippen MR) is 123 cm³/mol. The van der Waals surface area contributed by atoms with Crippen molar-refractivity contribution in [1.82, 2.24) is 20.0 Å². The number of piperidine rings is 1. The number of aryl methyl sites for hydroxylation is 1. The topological polar surface area (TPSA) is 61.5 Å². The fourth-order valence-corrected chi connectivity index (χ4v) is 5.25. The van der Waals surface area contributed by atoms with Crippen molar-refractivity contribution in [2.75, 3.05) is 27.2 Å². The molecule has 31 heavy (non-hydrogen) atoms. The summed E-state index contributed by atoms with van der Waals surface area (Å²) in [7, 11) is 3.70. The molecule has 0 bridgehead atoms. The highest BCUT2D eigenvalue weighted by Crippen LogP contribution is 2.32. The van der Waals surface area contributed by atoms with Crippen LogP contribution in [0.5, 0.6) is 5.75 Å². The van der Waals surface area contributed by atoms with Crippen LogP contribution in [-0.2, 0) is 6.54 Å². The van der Waals surface area contributed by atoms with E-state index in [-0.39, 0.29) is 5.91 Å². The molecule has 1 N–H and O–H groups in total. The summed E-state index contributed by atoms with van der Waals surface area (Å²) in [5.41, 5.74) is 4.30. The van der Waals surface area contributed by atoms with Crippen molar-refractivity contribution in [3.05, 3.63) is 46.8 Å². The minimum Gasteiger partial charge on any atom is -0.496 e. The minimum absolute atomic E-state index is 0.127. The first-order chi connectivity index (χ1) is 15.1. The minimum atomic E-state index is 0.127. The molecule has 0 unspecified atom stereocenters. The number of carbonyl (C=O) groups is 1. The number of likely N-dealkylation sites (tertiary alicyclic amines) is 1. The molecule has 0 radical (unpaired) electrons. The van der Waals surface area contributed by atoms with Gasteiger partial charge in [-0.2, -0.15) is 5.10 Å². The first-order valence-electron chi connectivity index (χ1n) is 11.7. The van der Waals surface area contributed by atoms with Crippen molar-refractivity contribution < 1.29 is 9.53 Å². The van der Waals surface area contributed by atoms with E-state index in [4.69, 9.17) is 4.74 Å². The van der Waals surface area contributed by atoms with Gasteiger partial charge in [-0.3, -0.25) is 14.8 Å². The molecular weight excluding hydrogens is 388 g/mol. The van der Waals surface area contributed by atoms with Crippen LogP contribution < -0.4 is 4.74 Å². The maximum Gasteiger partial charge on any atom is 0.257 e. The van der Waals surface area contributed by atoms with Gasteiger partial charge in [0.1, 0.15) is 5.75 Å². The largest absolute Gasteiger partial charge is 0.496 e. The molecule has 4 rings (SSSR count). The summed E-state index contributed by atoms with van der Waals surface area (Å²) in [5.74, 6) is 1.44. The van der Waals surface area contributed by atoms with E-state index in [2.05, 4.69) is 40.2 Å². The Bertz CT molecular complexity index is 879. The van der Waals surface area contributed by atoms with E-state index in [1.54, 1.807) is 13.3 Å². The average Bonchev–Trinajstić information content (AvgIpc) is 3.29. The second kappa shape index (κ2) is 9.86. The second-order valence-corrected chi connectivity index (χ2v) is 9.27. The van der Waals surface area contributed by atoms with Crippen LogP contribution in [0.2, 0.25) is 0 Å². The van der Waals surface area contributed by atoms with E-state index in [1.165, 1.54) is 30.4 Å². The highest BCUT2D eigenvalue weighted by Gasteiger charge is 2.30. The molecule has 1 saturated heterocycles. The highest BCUT2D eigenvalue weighted by molar-refractivity contribution is 5.95. The molecule has 2 aromatic rings. The Morgan fingerprint density at radius 3 is 2.65 bits per heavy atom. The summed E-state index contributed by atoms with van der Waals surface area (Å²) in [4.78, 5) is 17.7. The van der Waals surface area contributed by atoms with Gasteiger partial charge < -0.3 is 9.64 Å². The molecule has 2 heterocycles. The van der Waals surface area contributed by atoms with Crippen LogP contribution in [0.4, 0.5) is 0 Å². The summed E-state index contributed by atoms with van der Waals surface area (Å²) in [6.45, 7) is 5.03. The van der Waals surface area contributed by atoms with Crippen molar-refractivity contribution in [1.29, 1.82) is 0 Å².